The molecule has 1 aliphatic rings. The second-order valence-corrected chi connectivity index (χ2v) is 5.14. The molecule has 0 aliphatic heterocycles. The van der Waals surface area contributed by atoms with Crippen LogP contribution in [0.5, 0.6) is 0 Å². The molecule has 1 aromatic carbocycles. The van der Waals surface area contributed by atoms with Gasteiger partial charge < -0.3 is 9.84 Å². The van der Waals surface area contributed by atoms with Crippen molar-refractivity contribution in [2.45, 2.75) is 38.7 Å². The third kappa shape index (κ3) is 5.06. The molecule has 1 aromatic rings. The van der Waals surface area contributed by atoms with Gasteiger partial charge in [-0.15, -0.1) is 0 Å². The fourth-order valence-corrected chi connectivity index (χ4v) is 2.48. The molecule has 0 atom stereocenters. The van der Waals surface area contributed by atoms with Gasteiger partial charge >= 0.3 is 0 Å². The van der Waals surface area contributed by atoms with Gasteiger partial charge in [0.05, 0.1) is 13.2 Å². The molecule has 1 fully saturated rings. The van der Waals surface area contributed by atoms with Crippen molar-refractivity contribution in [1.29, 1.82) is 0 Å². The zero-order valence-electron chi connectivity index (χ0n) is 11.4. The lowest BCUT2D eigenvalue weighted by Gasteiger charge is -2.09. The van der Waals surface area contributed by atoms with E-state index in [0.717, 1.165) is 18.1 Å². The smallest absolute Gasteiger partial charge is 0.0717 e. The van der Waals surface area contributed by atoms with Crippen molar-refractivity contribution in [3.8, 4) is 11.8 Å². The van der Waals surface area contributed by atoms with E-state index in [-0.39, 0.29) is 6.61 Å². The summed E-state index contributed by atoms with van der Waals surface area (Å²) in [5.41, 5.74) is 2.17. The third-order valence-corrected chi connectivity index (χ3v) is 3.49. The second kappa shape index (κ2) is 7.99. The Morgan fingerprint density at radius 1 is 1.26 bits per heavy atom. The summed E-state index contributed by atoms with van der Waals surface area (Å²) in [6.07, 6.45) is 5.91. The first-order chi connectivity index (χ1) is 9.38. The highest BCUT2D eigenvalue weighted by atomic mass is 16.5. The van der Waals surface area contributed by atoms with Crippen molar-refractivity contribution in [1.82, 2.24) is 0 Å². The van der Waals surface area contributed by atoms with E-state index in [1.807, 2.05) is 12.1 Å². The van der Waals surface area contributed by atoms with Crippen LogP contribution in [0.2, 0.25) is 0 Å². The number of aliphatic hydroxyl groups excluding tert-OH is 1. The average Bonchev–Trinajstić information content (AvgIpc) is 2.93. The van der Waals surface area contributed by atoms with Crippen molar-refractivity contribution >= 4 is 0 Å². The van der Waals surface area contributed by atoms with Crippen molar-refractivity contribution in [3.05, 3.63) is 35.4 Å². The monoisotopic (exact) mass is 258 g/mol. The Hall–Kier alpha value is -1.30. The molecule has 2 rings (SSSR count). The molecule has 2 nitrogen and oxygen atoms in total. The maximum absolute atomic E-state index is 8.70. The zero-order valence-corrected chi connectivity index (χ0v) is 11.4. The average molecular weight is 258 g/mol. The molecule has 0 radical (unpaired) electrons. The van der Waals surface area contributed by atoms with Crippen LogP contribution in [0.3, 0.4) is 0 Å². The summed E-state index contributed by atoms with van der Waals surface area (Å²) in [5, 5.41) is 8.70. The second-order valence-electron chi connectivity index (χ2n) is 5.14. The number of benzene rings is 1. The molecular formula is C17H22O2. The largest absolute Gasteiger partial charge is 0.395 e. The Morgan fingerprint density at radius 3 is 2.89 bits per heavy atom. The quantitative estimate of drug-likeness (QED) is 0.822. The Morgan fingerprint density at radius 2 is 2.11 bits per heavy atom. The van der Waals surface area contributed by atoms with Gasteiger partial charge in [0.15, 0.2) is 0 Å². The van der Waals surface area contributed by atoms with E-state index in [4.69, 9.17) is 9.84 Å². The van der Waals surface area contributed by atoms with Crippen LogP contribution in [0.15, 0.2) is 24.3 Å². The molecule has 102 valence electrons. The summed E-state index contributed by atoms with van der Waals surface area (Å²) in [6.45, 7) is 1.68. The number of aliphatic hydroxyl groups is 1. The molecule has 19 heavy (non-hydrogen) atoms. The van der Waals surface area contributed by atoms with Crippen LogP contribution in [-0.2, 0) is 11.3 Å². The van der Waals surface area contributed by atoms with E-state index in [2.05, 4.69) is 24.0 Å². The topological polar surface area (TPSA) is 29.5 Å². The van der Waals surface area contributed by atoms with Gasteiger partial charge in [0.25, 0.3) is 0 Å². The molecule has 0 aromatic heterocycles. The molecule has 0 saturated heterocycles. The van der Waals surface area contributed by atoms with Gasteiger partial charge in [0.2, 0.25) is 0 Å². The zero-order chi connectivity index (χ0) is 13.3. The van der Waals surface area contributed by atoms with Crippen LogP contribution in [-0.4, -0.2) is 18.3 Å². The van der Waals surface area contributed by atoms with Crippen molar-refractivity contribution in [3.63, 3.8) is 0 Å². The molecule has 0 amide bonds. The highest BCUT2D eigenvalue weighted by Crippen LogP contribution is 2.24. The van der Waals surface area contributed by atoms with E-state index < -0.39 is 0 Å². The summed E-state index contributed by atoms with van der Waals surface area (Å²) in [4.78, 5) is 0. The van der Waals surface area contributed by atoms with Crippen LogP contribution >= 0.6 is 0 Å². The van der Waals surface area contributed by atoms with Gasteiger partial charge in [-0.3, -0.25) is 0 Å². The lowest BCUT2D eigenvalue weighted by Crippen LogP contribution is -2.05. The van der Waals surface area contributed by atoms with Crippen LogP contribution in [0.4, 0.5) is 0 Å². The number of rotatable bonds is 5. The van der Waals surface area contributed by atoms with Crippen LogP contribution in [0.25, 0.3) is 0 Å². The minimum atomic E-state index is 0.122. The predicted octanol–water partition coefficient (Wildman–Crippen LogP) is 3.13. The Kier molecular flexibility index (Phi) is 5.94. The van der Waals surface area contributed by atoms with E-state index in [1.165, 1.54) is 31.2 Å². The lowest BCUT2D eigenvalue weighted by atomic mass is 10.1. The normalized spacial score (nSPS) is 15.2. The van der Waals surface area contributed by atoms with Gasteiger partial charge in [-0.2, -0.15) is 0 Å². The maximum Gasteiger partial charge on any atom is 0.0717 e. The molecule has 2 heteroatoms. The summed E-state index contributed by atoms with van der Waals surface area (Å²) >= 11 is 0. The van der Waals surface area contributed by atoms with Crippen molar-refractivity contribution < 1.29 is 9.84 Å². The van der Waals surface area contributed by atoms with Gasteiger partial charge in [-0.05, 0) is 36.5 Å². The van der Waals surface area contributed by atoms with E-state index in [0.29, 0.717) is 13.0 Å². The minimum absolute atomic E-state index is 0.122. The first kappa shape index (κ1) is 14.1. The van der Waals surface area contributed by atoms with E-state index in [9.17, 15) is 0 Å². The Balaban J connectivity index is 1.79. The summed E-state index contributed by atoms with van der Waals surface area (Å²) in [6, 6.07) is 8.15. The van der Waals surface area contributed by atoms with Gasteiger partial charge in [-0.1, -0.05) is 36.8 Å². The van der Waals surface area contributed by atoms with Gasteiger partial charge in [0.1, 0.15) is 0 Å². The summed E-state index contributed by atoms with van der Waals surface area (Å²) in [7, 11) is 0. The maximum atomic E-state index is 8.70. The third-order valence-electron chi connectivity index (χ3n) is 3.49. The van der Waals surface area contributed by atoms with E-state index >= 15 is 0 Å². The van der Waals surface area contributed by atoms with Crippen LogP contribution < -0.4 is 0 Å². The fraction of sp³-hybridized carbons (Fsp3) is 0.529. The Bertz CT molecular complexity index is 436. The summed E-state index contributed by atoms with van der Waals surface area (Å²) < 4.78 is 5.80. The molecular weight excluding hydrogens is 236 g/mol. The van der Waals surface area contributed by atoms with Crippen molar-refractivity contribution in [2.24, 2.45) is 5.92 Å². The molecule has 1 N–H and O–H groups in total. The summed E-state index contributed by atoms with van der Waals surface area (Å²) in [5.74, 6) is 6.76. The lowest BCUT2D eigenvalue weighted by molar-refractivity contribution is 0.0889. The van der Waals surface area contributed by atoms with Gasteiger partial charge in [0, 0.05) is 18.6 Å². The highest BCUT2D eigenvalue weighted by molar-refractivity contribution is 5.36. The minimum Gasteiger partial charge on any atom is -0.395 e. The number of ether oxygens (including phenoxy) is 1. The molecule has 0 spiro atoms. The number of hydrogen-bond donors (Lipinski definition) is 1. The Labute approximate surface area is 115 Å². The molecule has 0 heterocycles. The first-order valence-electron chi connectivity index (χ1n) is 7.15. The predicted molar refractivity (Wildman–Crippen MR) is 76.6 cm³/mol. The molecule has 1 saturated carbocycles. The standard InChI is InChI=1S/C17H22O2/c18-11-4-3-6-15-9-5-10-17(12-15)14-19-13-16-7-1-2-8-16/h5,9-10,12,16,18H,1-2,4,7-8,11,13-14H2. The molecule has 0 bridgehead atoms. The molecule has 1 aliphatic carbocycles. The van der Waals surface area contributed by atoms with Crippen LogP contribution in [0.1, 0.15) is 43.2 Å². The first-order valence-corrected chi connectivity index (χ1v) is 7.15. The number of hydrogen-bond acceptors (Lipinski definition) is 2. The SMILES string of the molecule is OCCC#Cc1cccc(COCC2CCCC2)c1. The molecule has 0 unspecified atom stereocenters. The van der Waals surface area contributed by atoms with E-state index in [1.54, 1.807) is 0 Å². The van der Waals surface area contributed by atoms with Crippen molar-refractivity contribution in [2.75, 3.05) is 13.2 Å². The van der Waals surface area contributed by atoms with Crippen LogP contribution in [0, 0.1) is 17.8 Å². The highest BCUT2D eigenvalue weighted by Gasteiger charge is 2.14. The fourth-order valence-electron chi connectivity index (χ4n) is 2.48. The van der Waals surface area contributed by atoms with Gasteiger partial charge in [-0.25, -0.2) is 0 Å².